The van der Waals surface area contributed by atoms with Crippen molar-refractivity contribution in [2.24, 2.45) is 0 Å². The van der Waals surface area contributed by atoms with Gasteiger partial charge in [-0.2, -0.15) is 0 Å². The summed E-state index contributed by atoms with van der Waals surface area (Å²) in [6.45, 7) is 6.43. The van der Waals surface area contributed by atoms with Crippen molar-refractivity contribution < 1.29 is 19.1 Å². The molecule has 0 unspecified atom stereocenters. The number of ether oxygens (including phenoxy) is 2. The van der Waals surface area contributed by atoms with E-state index in [9.17, 15) is 9.59 Å². The van der Waals surface area contributed by atoms with Crippen LogP contribution in [0.25, 0.3) is 5.76 Å². The highest BCUT2D eigenvalue weighted by Crippen LogP contribution is 2.20. The Morgan fingerprint density at radius 1 is 1.05 bits per heavy atom. The Labute approximate surface area is 112 Å². The van der Waals surface area contributed by atoms with Gasteiger partial charge in [0.15, 0.2) is 0 Å². The summed E-state index contributed by atoms with van der Waals surface area (Å²) in [6, 6.07) is 9.11. The SMILES string of the molecule is C=C(C)C(=O)OC(=O)C(C)=C(OC)c1ccccc1. The quantitative estimate of drug-likeness (QED) is 0.361. The number of hydrogen-bond donors (Lipinski definition) is 0. The van der Waals surface area contributed by atoms with Crippen LogP contribution in [-0.4, -0.2) is 19.0 Å². The van der Waals surface area contributed by atoms with E-state index in [1.54, 1.807) is 19.1 Å². The topological polar surface area (TPSA) is 52.6 Å². The highest BCUT2D eigenvalue weighted by atomic mass is 16.6. The van der Waals surface area contributed by atoms with Gasteiger partial charge in [0, 0.05) is 11.1 Å². The maximum Gasteiger partial charge on any atom is 0.345 e. The molecule has 0 bridgehead atoms. The smallest absolute Gasteiger partial charge is 0.345 e. The molecule has 100 valence electrons. The fourth-order valence-electron chi connectivity index (χ4n) is 1.42. The molecule has 0 amide bonds. The largest absolute Gasteiger partial charge is 0.496 e. The van der Waals surface area contributed by atoms with Crippen molar-refractivity contribution >= 4 is 17.7 Å². The molecule has 0 aliphatic heterocycles. The van der Waals surface area contributed by atoms with Gasteiger partial charge in [0.05, 0.1) is 12.7 Å². The van der Waals surface area contributed by atoms with Gasteiger partial charge >= 0.3 is 11.9 Å². The van der Waals surface area contributed by atoms with Gasteiger partial charge < -0.3 is 9.47 Å². The summed E-state index contributed by atoms with van der Waals surface area (Å²) in [5, 5.41) is 0. The van der Waals surface area contributed by atoms with Gasteiger partial charge in [0.1, 0.15) is 5.76 Å². The molecule has 1 aromatic rings. The highest BCUT2D eigenvalue weighted by molar-refractivity contribution is 6.04. The lowest BCUT2D eigenvalue weighted by Crippen LogP contribution is -2.15. The molecular formula is C15H16O4. The predicted molar refractivity (Wildman–Crippen MR) is 72.0 cm³/mol. The fraction of sp³-hybridized carbons (Fsp3) is 0.200. The van der Waals surface area contributed by atoms with Crippen LogP contribution in [0.5, 0.6) is 0 Å². The first-order valence-corrected chi connectivity index (χ1v) is 5.69. The van der Waals surface area contributed by atoms with Crippen molar-refractivity contribution in [1.29, 1.82) is 0 Å². The maximum atomic E-state index is 11.8. The summed E-state index contributed by atoms with van der Waals surface area (Å²) in [6.07, 6.45) is 0. The van der Waals surface area contributed by atoms with Gasteiger partial charge in [-0.25, -0.2) is 9.59 Å². The molecule has 1 rings (SSSR count). The number of hydrogen-bond acceptors (Lipinski definition) is 4. The van der Waals surface area contributed by atoms with E-state index in [1.807, 2.05) is 18.2 Å². The second-order valence-corrected chi connectivity index (χ2v) is 3.98. The van der Waals surface area contributed by atoms with E-state index >= 15 is 0 Å². The van der Waals surface area contributed by atoms with Crippen LogP contribution in [0, 0.1) is 0 Å². The monoisotopic (exact) mass is 260 g/mol. The average molecular weight is 260 g/mol. The molecule has 0 N–H and O–H groups in total. The molecule has 0 saturated heterocycles. The third-order valence-electron chi connectivity index (χ3n) is 2.42. The first-order chi connectivity index (χ1) is 8.97. The van der Waals surface area contributed by atoms with Crippen LogP contribution in [0.15, 0.2) is 48.1 Å². The van der Waals surface area contributed by atoms with Crippen LogP contribution >= 0.6 is 0 Å². The van der Waals surface area contributed by atoms with Crippen LogP contribution in [0.2, 0.25) is 0 Å². The molecule has 19 heavy (non-hydrogen) atoms. The molecule has 0 aliphatic carbocycles. The van der Waals surface area contributed by atoms with E-state index in [0.717, 1.165) is 5.56 Å². The molecule has 0 radical (unpaired) electrons. The lowest BCUT2D eigenvalue weighted by molar-refractivity contribution is -0.153. The van der Waals surface area contributed by atoms with Crippen LogP contribution in [-0.2, 0) is 19.1 Å². The molecule has 0 spiro atoms. The van der Waals surface area contributed by atoms with Gasteiger partial charge in [-0.15, -0.1) is 0 Å². The van der Waals surface area contributed by atoms with E-state index < -0.39 is 11.9 Å². The van der Waals surface area contributed by atoms with Crippen LogP contribution in [0.4, 0.5) is 0 Å². The first kappa shape index (κ1) is 14.7. The standard InChI is InChI=1S/C15H16O4/c1-10(2)14(16)19-15(17)11(3)13(18-4)12-8-6-5-7-9-12/h5-9H,1H2,2-4H3. The van der Waals surface area contributed by atoms with Gasteiger partial charge in [0.2, 0.25) is 0 Å². The molecule has 4 heteroatoms. The van der Waals surface area contributed by atoms with Crippen LogP contribution in [0.3, 0.4) is 0 Å². The Bertz CT molecular complexity index is 526. The van der Waals surface area contributed by atoms with Gasteiger partial charge in [-0.05, 0) is 13.8 Å². The zero-order chi connectivity index (χ0) is 14.4. The molecule has 0 atom stereocenters. The van der Waals surface area contributed by atoms with Crippen LogP contribution < -0.4 is 0 Å². The number of carbonyl (C=O) groups excluding carboxylic acids is 2. The van der Waals surface area contributed by atoms with Crippen molar-refractivity contribution in [1.82, 2.24) is 0 Å². The minimum atomic E-state index is -0.743. The summed E-state index contributed by atoms with van der Waals surface area (Å²) >= 11 is 0. The van der Waals surface area contributed by atoms with E-state index in [0.29, 0.717) is 5.76 Å². The molecule has 0 heterocycles. The molecule has 0 fully saturated rings. The van der Waals surface area contributed by atoms with Crippen molar-refractivity contribution in [3.8, 4) is 0 Å². The molecule has 0 saturated carbocycles. The number of rotatable bonds is 4. The first-order valence-electron chi connectivity index (χ1n) is 5.69. The lowest BCUT2D eigenvalue weighted by atomic mass is 10.1. The summed E-state index contributed by atoms with van der Waals surface area (Å²) in [7, 11) is 1.46. The predicted octanol–water partition coefficient (Wildman–Crippen LogP) is 2.71. The Kier molecular flexibility index (Phi) is 5.06. The number of benzene rings is 1. The van der Waals surface area contributed by atoms with Gasteiger partial charge in [-0.3, -0.25) is 0 Å². The summed E-state index contributed by atoms with van der Waals surface area (Å²) in [5.74, 6) is -1.11. The second kappa shape index (κ2) is 6.54. The van der Waals surface area contributed by atoms with Crippen molar-refractivity contribution in [2.75, 3.05) is 7.11 Å². The zero-order valence-electron chi connectivity index (χ0n) is 11.2. The Balaban J connectivity index is 3.02. The molecule has 4 nitrogen and oxygen atoms in total. The van der Waals surface area contributed by atoms with Crippen molar-refractivity contribution in [2.45, 2.75) is 13.8 Å². The Hall–Kier alpha value is -2.36. The average Bonchev–Trinajstić information content (AvgIpc) is 2.40. The molecule has 1 aromatic carbocycles. The summed E-state index contributed by atoms with van der Waals surface area (Å²) in [5.41, 5.74) is 1.13. The van der Waals surface area contributed by atoms with Crippen LogP contribution in [0.1, 0.15) is 19.4 Å². The van der Waals surface area contributed by atoms with Gasteiger partial charge in [-0.1, -0.05) is 36.9 Å². The van der Waals surface area contributed by atoms with E-state index in [2.05, 4.69) is 11.3 Å². The summed E-state index contributed by atoms with van der Waals surface area (Å²) in [4.78, 5) is 23.1. The van der Waals surface area contributed by atoms with Crippen molar-refractivity contribution in [3.63, 3.8) is 0 Å². The molecule has 0 aliphatic rings. The zero-order valence-corrected chi connectivity index (χ0v) is 11.2. The Morgan fingerprint density at radius 2 is 1.63 bits per heavy atom. The minimum absolute atomic E-state index is 0.167. The van der Waals surface area contributed by atoms with Crippen molar-refractivity contribution in [3.05, 3.63) is 53.6 Å². The van der Waals surface area contributed by atoms with E-state index in [1.165, 1.54) is 14.0 Å². The third-order valence-corrected chi connectivity index (χ3v) is 2.42. The lowest BCUT2D eigenvalue weighted by Gasteiger charge is -2.10. The summed E-state index contributed by atoms with van der Waals surface area (Å²) < 4.78 is 9.87. The fourth-order valence-corrected chi connectivity index (χ4v) is 1.42. The Morgan fingerprint density at radius 3 is 2.11 bits per heavy atom. The normalized spacial score (nSPS) is 11.3. The van der Waals surface area contributed by atoms with E-state index in [4.69, 9.17) is 4.74 Å². The maximum absolute atomic E-state index is 11.8. The second-order valence-electron chi connectivity index (χ2n) is 3.98. The number of esters is 2. The third kappa shape index (κ3) is 3.81. The molecular weight excluding hydrogens is 244 g/mol. The highest BCUT2D eigenvalue weighted by Gasteiger charge is 2.18. The number of carbonyl (C=O) groups is 2. The minimum Gasteiger partial charge on any atom is -0.496 e. The van der Waals surface area contributed by atoms with Gasteiger partial charge in [0.25, 0.3) is 0 Å². The number of methoxy groups -OCH3 is 1. The molecule has 0 aromatic heterocycles. The van der Waals surface area contributed by atoms with E-state index in [-0.39, 0.29) is 11.1 Å².